The molecule has 0 spiro atoms. The number of benzene rings is 1. The highest BCUT2D eigenvalue weighted by atomic mass is 19.1. The molecule has 1 saturated carbocycles. The van der Waals surface area contributed by atoms with E-state index in [1.165, 1.54) is 12.8 Å². The topological polar surface area (TPSA) is 20.2 Å². The maximum Gasteiger partial charge on any atom is 0.115 e. The van der Waals surface area contributed by atoms with Crippen molar-refractivity contribution < 1.29 is 9.50 Å². The first kappa shape index (κ1) is 8.70. The Morgan fingerprint density at radius 1 is 1.38 bits per heavy atom. The fraction of sp³-hybridized carbons (Fsp3) is 0.455. The standard InChI is InChI=1S/C11H13FO/c12-6-10-2-1-8(7-13)5-11(10)9-3-4-9/h1-2,5,9,13H,3-4,6-7H2. The average Bonchev–Trinajstić information content (AvgIpc) is 3.00. The Balaban J connectivity index is 2.35. The van der Waals surface area contributed by atoms with Gasteiger partial charge < -0.3 is 5.11 Å². The number of aliphatic hydroxyl groups is 1. The van der Waals surface area contributed by atoms with E-state index >= 15 is 0 Å². The van der Waals surface area contributed by atoms with Crippen LogP contribution in [0, 0.1) is 0 Å². The fourth-order valence-electron chi connectivity index (χ4n) is 1.64. The van der Waals surface area contributed by atoms with E-state index in [2.05, 4.69) is 0 Å². The lowest BCUT2D eigenvalue weighted by atomic mass is 10.0. The first-order valence-corrected chi connectivity index (χ1v) is 4.63. The lowest BCUT2D eigenvalue weighted by Crippen LogP contribution is -1.92. The van der Waals surface area contributed by atoms with E-state index in [1.54, 1.807) is 12.1 Å². The minimum absolute atomic E-state index is 0.0479. The molecule has 1 nitrogen and oxygen atoms in total. The SMILES string of the molecule is OCc1ccc(CF)c(C2CC2)c1. The van der Waals surface area contributed by atoms with E-state index in [4.69, 9.17) is 5.11 Å². The third-order valence-electron chi connectivity index (χ3n) is 2.55. The van der Waals surface area contributed by atoms with Gasteiger partial charge in [0.15, 0.2) is 0 Å². The Morgan fingerprint density at radius 2 is 2.15 bits per heavy atom. The van der Waals surface area contributed by atoms with Crippen LogP contribution in [0.15, 0.2) is 18.2 Å². The number of hydrogen-bond donors (Lipinski definition) is 1. The van der Waals surface area contributed by atoms with Crippen LogP contribution in [0.25, 0.3) is 0 Å². The summed E-state index contributed by atoms with van der Waals surface area (Å²) < 4.78 is 12.5. The van der Waals surface area contributed by atoms with E-state index in [9.17, 15) is 4.39 Å². The maximum absolute atomic E-state index is 12.5. The van der Waals surface area contributed by atoms with Crippen molar-refractivity contribution >= 4 is 0 Å². The zero-order chi connectivity index (χ0) is 9.26. The third kappa shape index (κ3) is 1.73. The van der Waals surface area contributed by atoms with Gasteiger partial charge >= 0.3 is 0 Å². The lowest BCUT2D eigenvalue weighted by Gasteiger charge is -2.06. The average molecular weight is 180 g/mol. The van der Waals surface area contributed by atoms with E-state index < -0.39 is 6.67 Å². The molecule has 1 aliphatic rings. The third-order valence-corrected chi connectivity index (χ3v) is 2.55. The number of alkyl halides is 1. The van der Waals surface area contributed by atoms with Gasteiger partial charge in [0.2, 0.25) is 0 Å². The number of hydrogen-bond acceptors (Lipinski definition) is 1. The van der Waals surface area contributed by atoms with Crippen molar-refractivity contribution in [2.45, 2.75) is 32.0 Å². The number of rotatable bonds is 3. The molecule has 0 unspecified atom stereocenters. The molecule has 1 fully saturated rings. The summed E-state index contributed by atoms with van der Waals surface area (Å²) in [6.45, 7) is -0.343. The van der Waals surface area contributed by atoms with E-state index in [1.807, 2.05) is 6.07 Å². The van der Waals surface area contributed by atoms with Gasteiger partial charge in [-0.25, -0.2) is 4.39 Å². The van der Waals surface area contributed by atoms with Crippen LogP contribution in [0.5, 0.6) is 0 Å². The minimum atomic E-state index is -0.391. The summed E-state index contributed by atoms with van der Waals surface area (Å²) in [4.78, 5) is 0. The molecule has 1 aromatic carbocycles. The predicted octanol–water partition coefficient (Wildman–Crippen LogP) is 2.53. The van der Waals surface area contributed by atoms with Gasteiger partial charge in [0, 0.05) is 0 Å². The smallest absolute Gasteiger partial charge is 0.115 e. The first-order chi connectivity index (χ1) is 6.35. The van der Waals surface area contributed by atoms with Crippen LogP contribution in [-0.2, 0) is 13.3 Å². The monoisotopic (exact) mass is 180 g/mol. The second kappa shape index (κ2) is 3.46. The molecule has 1 aromatic rings. The molecule has 2 rings (SSSR count). The van der Waals surface area contributed by atoms with Crippen molar-refractivity contribution in [1.29, 1.82) is 0 Å². The van der Waals surface area contributed by atoms with Gasteiger partial charge in [0.1, 0.15) is 6.67 Å². The molecule has 0 radical (unpaired) electrons. The van der Waals surface area contributed by atoms with Gasteiger partial charge in [0.25, 0.3) is 0 Å². The Hall–Kier alpha value is -0.890. The molecule has 2 heteroatoms. The van der Waals surface area contributed by atoms with Crippen molar-refractivity contribution in [3.8, 4) is 0 Å². The van der Waals surface area contributed by atoms with Crippen LogP contribution in [0.3, 0.4) is 0 Å². The summed E-state index contributed by atoms with van der Waals surface area (Å²) in [5.41, 5.74) is 2.79. The Labute approximate surface area is 77.2 Å². The van der Waals surface area contributed by atoms with Gasteiger partial charge in [-0.05, 0) is 35.4 Å². The molecular weight excluding hydrogens is 167 g/mol. The second-order valence-corrected chi connectivity index (χ2v) is 3.60. The zero-order valence-corrected chi connectivity index (χ0v) is 7.46. The zero-order valence-electron chi connectivity index (χ0n) is 7.46. The normalized spacial score (nSPS) is 16.2. The van der Waals surface area contributed by atoms with Crippen molar-refractivity contribution in [2.24, 2.45) is 0 Å². The highest BCUT2D eigenvalue weighted by Gasteiger charge is 2.25. The summed E-state index contributed by atoms with van der Waals surface area (Å²) in [5, 5.41) is 8.93. The van der Waals surface area contributed by atoms with Crippen LogP contribution in [-0.4, -0.2) is 5.11 Å². The molecule has 1 aliphatic carbocycles. The summed E-state index contributed by atoms with van der Waals surface area (Å²) >= 11 is 0. The highest BCUT2D eigenvalue weighted by molar-refractivity contribution is 5.36. The van der Waals surface area contributed by atoms with Crippen LogP contribution in [0.4, 0.5) is 4.39 Å². The molecular formula is C11H13FO. The predicted molar refractivity (Wildman–Crippen MR) is 49.2 cm³/mol. The van der Waals surface area contributed by atoms with E-state index in [-0.39, 0.29) is 6.61 Å². The van der Waals surface area contributed by atoms with Crippen LogP contribution < -0.4 is 0 Å². The van der Waals surface area contributed by atoms with Crippen LogP contribution in [0.1, 0.15) is 35.4 Å². The Morgan fingerprint density at radius 3 is 2.69 bits per heavy atom. The van der Waals surface area contributed by atoms with Gasteiger partial charge in [-0.2, -0.15) is 0 Å². The summed E-state index contributed by atoms with van der Waals surface area (Å²) in [6, 6.07) is 5.52. The Kier molecular flexibility index (Phi) is 2.32. The number of halogens is 1. The second-order valence-electron chi connectivity index (χ2n) is 3.60. The molecule has 1 N–H and O–H groups in total. The highest BCUT2D eigenvalue weighted by Crippen LogP contribution is 2.42. The van der Waals surface area contributed by atoms with Crippen molar-refractivity contribution in [3.05, 3.63) is 34.9 Å². The quantitative estimate of drug-likeness (QED) is 0.757. The molecule has 0 heterocycles. The van der Waals surface area contributed by atoms with Crippen molar-refractivity contribution in [1.82, 2.24) is 0 Å². The molecule has 70 valence electrons. The Bertz CT molecular complexity index is 305. The largest absolute Gasteiger partial charge is 0.392 e. The van der Waals surface area contributed by atoms with E-state index in [0.29, 0.717) is 5.92 Å². The molecule has 0 amide bonds. The van der Waals surface area contributed by atoms with Gasteiger partial charge in [-0.15, -0.1) is 0 Å². The molecule has 0 saturated heterocycles. The first-order valence-electron chi connectivity index (χ1n) is 4.63. The summed E-state index contributed by atoms with van der Waals surface area (Å²) in [7, 11) is 0. The molecule has 0 aromatic heterocycles. The summed E-state index contributed by atoms with van der Waals surface area (Å²) in [6.07, 6.45) is 2.34. The van der Waals surface area contributed by atoms with Gasteiger partial charge in [0.05, 0.1) is 6.61 Å². The number of aliphatic hydroxyl groups excluding tert-OH is 1. The van der Waals surface area contributed by atoms with Crippen LogP contribution >= 0.6 is 0 Å². The fourth-order valence-corrected chi connectivity index (χ4v) is 1.64. The maximum atomic E-state index is 12.5. The molecule has 0 aliphatic heterocycles. The van der Waals surface area contributed by atoms with Crippen LogP contribution in [0.2, 0.25) is 0 Å². The van der Waals surface area contributed by atoms with Crippen molar-refractivity contribution in [3.63, 3.8) is 0 Å². The molecule has 0 atom stereocenters. The molecule has 0 bridgehead atoms. The minimum Gasteiger partial charge on any atom is -0.392 e. The molecule has 13 heavy (non-hydrogen) atoms. The summed E-state index contributed by atoms with van der Waals surface area (Å²) in [5.74, 6) is 0.553. The van der Waals surface area contributed by atoms with Crippen molar-refractivity contribution in [2.75, 3.05) is 0 Å². The van der Waals surface area contributed by atoms with E-state index in [0.717, 1.165) is 16.7 Å². The van der Waals surface area contributed by atoms with Gasteiger partial charge in [-0.1, -0.05) is 18.2 Å². The van der Waals surface area contributed by atoms with Gasteiger partial charge in [-0.3, -0.25) is 0 Å². The lowest BCUT2D eigenvalue weighted by molar-refractivity contribution is 0.281.